The monoisotopic (exact) mass is 269 g/mol. The number of halogens is 2. The number of methoxy groups -OCH3 is 1. The molecular weight excluding hydrogens is 252 g/mol. The smallest absolute Gasteiger partial charge is 0.185 e. The Morgan fingerprint density at radius 3 is 2.68 bits per heavy atom. The van der Waals surface area contributed by atoms with Crippen molar-refractivity contribution in [3.63, 3.8) is 0 Å². The van der Waals surface area contributed by atoms with Crippen LogP contribution in [0.3, 0.4) is 0 Å². The van der Waals surface area contributed by atoms with E-state index >= 15 is 0 Å². The number of hydrogen-bond donors (Lipinski definition) is 1. The summed E-state index contributed by atoms with van der Waals surface area (Å²) in [6.07, 6.45) is 1.20. The maximum Gasteiger partial charge on any atom is 0.185 e. The largest absolute Gasteiger partial charge is 0.496 e. The normalized spacial score (nSPS) is 12.1. The summed E-state index contributed by atoms with van der Waals surface area (Å²) in [7, 11) is 1.30. The molecule has 0 spiro atoms. The quantitative estimate of drug-likeness (QED) is 0.807. The Labute approximate surface area is 111 Å². The lowest BCUT2D eigenvalue weighted by Gasteiger charge is -2.15. The zero-order valence-electron chi connectivity index (χ0n) is 11.2. The van der Waals surface area contributed by atoms with Gasteiger partial charge in [-0.05, 0) is 13.5 Å². The molecule has 5 heteroatoms. The van der Waals surface area contributed by atoms with Gasteiger partial charge in [-0.2, -0.15) is 0 Å². The number of nitrogens with one attached hydrogen (secondary N) is 1. The van der Waals surface area contributed by atoms with E-state index in [2.05, 4.69) is 11.9 Å². The van der Waals surface area contributed by atoms with Gasteiger partial charge in [0.05, 0.1) is 24.3 Å². The minimum Gasteiger partial charge on any atom is -0.496 e. The number of likely N-dealkylation sites (N-methyl/N-ethyl adjacent to an activating group) is 1. The highest BCUT2D eigenvalue weighted by molar-refractivity contribution is 6.01. The summed E-state index contributed by atoms with van der Waals surface area (Å²) in [6, 6.07) is 0.325. The average molecular weight is 269 g/mol. The molecule has 0 radical (unpaired) electrons. The Balaban J connectivity index is 3.36. The zero-order chi connectivity index (χ0) is 14.6. The number of rotatable bonds is 6. The van der Waals surface area contributed by atoms with Crippen LogP contribution in [0, 0.1) is 11.6 Å². The molecule has 1 N–H and O–H groups in total. The summed E-state index contributed by atoms with van der Waals surface area (Å²) in [4.78, 5) is 12.0. The first-order chi connectivity index (χ1) is 8.97. The lowest BCUT2D eigenvalue weighted by atomic mass is 10.00. The molecule has 0 heterocycles. The molecule has 0 aliphatic carbocycles. The van der Waals surface area contributed by atoms with E-state index < -0.39 is 29.0 Å². The Bertz CT molecular complexity index is 501. The molecule has 3 nitrogen and oxygen atoms in total. The second kappa shape index (κ2) is 6.43. The SMILES string of the molecule is C=Cc1c(OC)cc(F)c(C(=O)C(C)NCC)c1F. The van der Waals surface area contributed by atoms with E-state index in [1.54, 1.807) is 13.8 Å². The number of ketones is 1. The number of benzene rings is 1. The van der Waals surface area contributed by atoms with Gasteiger partial charge in [0.15, 0.2) is 5.78 Å². The van der Waals surface area contributed by atoms with E-state index in [1.165, 1.54) is 13.2 Å². The number of carbonyl (C=O) groups is 1. The number of hydrogen-bond acceptors (Lipinski definition) is 3. The Morgan fingerprint density at radius 1 is 1.58 bits per heavy atom. The number of Topliss-reactive ketones (excluding diaryl/α,β-unsaturated/α-hetero) is 1. The average Bonchev–Trinajstić information content (AvgIpc) is 2.38. The van der Waals surface area contributed by atoms with Crippen molar-refractivity contribution in [2.45, 2.75) is 19.9 Å². The fraction of sp³-hybridized carbons (Fsp3) is 0.357. The third-order valence-electron chi connectivity index (χ3n) is 2.79. The maximum absolute atomic E-state index is 14.2. The van der Waals surface area contributed by atoms with Gasteiger partial charge in [-0.15, -0.1) is 0 Å². The predicted octanol–water partition coefficient (Wildman–Crippen LogP) is 2.80. The molecule has 0 aliphatic heterocycles. The van der Waals surface area contributed by atoms with Crippen LogP contribution in [-0.2, 0) is 0 Å². The summed E-state index contributed by atoms with van der Waals surface area (Å²) >= 11 is 0. The minimum absolute atomic E-state index is 0.0117. The van der Waals surface area contributed by atoms with Gasteiger partial charge in [0.1, 0.15) is 17.4 Å². The topological polar surface area (TPSA) is 38.3 Å². The van der Waals surface area contributed by atoms with Gasteiger partial charge in [0.25, 0.3) is 0 Å². The molecule has 0 saturated heterocycles. The fourth-order valence-corrected chi connectivity index (χ4v) is 1.81. The van der Waals surface area contributed by atoms with Crippen LogP contribution in [0.25, 0.3) is 6.08 Å². The molecule has 0 aliphatic rings. The van der Waals surface area contributed by atoms with Crippen molar-refractivity contribution in [2.75, 3.05) is 13.7 Å². The molecule has 1 rings (SSSR count). The standard InChI is InChI=1S/C14H17F2NO2/c1-5-9-11(19-4)7-10(15)12(13(9)16)14(18)8(3)17-6-2/h5,7-8,17H,1,6H2,2-4H3. The highest BCUT2D eigenvalue weighted by Gasteiger charge is 2.26. The molecule has 1 aromatic rings. The molecule has 0 bridgehead atoms. The van der Waals surface area contributed by atoms with Gasteiger partial charge in [-0.1, -0.05) is 19.6 Å². The van der Waals surface area contributed by atoms with Crippen molar-refractivity contribution in [2.24, 2.45) is 0 Å². The predicted molar refractivity (Wildman–Crippen MR) is 70.5 cm³/mol. The molecule has 104 valence electrons. The van der Waals surface area contributed by atoms with E-state index in [0.29, 0.717) is 6.54 Å². The van der Waals surface area contributed by atoms with Gasteiger partial charge in [0, 0.05) is 6.07 Å². The molecule has 0 saturated carbocycles. The molecule has 0 amide bonds. The minimum atomic E-state index is -0.943. The van der Waals surface area contributed by atoms with E-state index in [9.17, 15) is 13.6 Å². The Kier molecular flexibility index (Phi) is 5.18. The molecule has 1 aromatic carbocycles. The summed E-state index contributed by atoms with van der Waals surface area (Å²) in [5, 5.41) is 2.82. The summed E-state index contributed by atoms with van der Waals surface area (Å²) < 4.78 is 32.9. The molecule has 0 aromatic heterocycles. The number of ether oxygens (including phenoxy) is 1. The Morgan fingerprint density at radius 2 is 2.21 bits per heavy atom. The second-order valence-corrected chi connectivity index (χ2v) is 4.01. The van der Waals surface area contributed by atoms with Crippen LogP contribution < -0.4 is 10.1 Å². The van der Waals surface area contributed by atoms with E-state index in [4.69, 9.17) is 4.74 Å². The highest BCUT2D eigenvalue weighted by atomic mass is 19.1. The van der Waals surface area contributed by atoms with Crippen LogP contribution in [0.4, 0.5) is 8.78 Å². The zero-order valence-corrected chi connectivity index (χ0v) is 11.2. The molecular formula is C14H17F2NO2. The van der Waals surface area contributed by atoms with Crippen LogP contribution in [0.15, 0.2) is 12.6 Å². The van der Waals surface area contributed by atoms with E-state index in [1.807, 2.05) is 0 Å². The van der Waals surface area contributed by atoms with Gasteiger partial charge in [-0.3, -0.25) is 4.79 Å². The Hall–Kier alpha value is -1.75. The lowest BCUT2D eigenvalue weighted by molar-refractivity contribution is 0.0943. The number of carbonyl (C=O) groups excluding carboxylic acids is 1. The van der Waals surface area contributed by atoms with E-state index in [0.717, 1.165) is 6.07 Å². The summed E-state index contributed by atoms with van der Waals surface area (Å²) in [6.45, 7) is 7.33. The van der Waals surface area contributed by atoms with Crippen LogP contribution in [0.2, 0.25) is 0 Å². The summed E-state index contributed by atoms with van der Waals surface area (Å²) in [5.74, 6) is -2.50. The van der Waals surface area contributed by atoms with Gasteiger partial charge in [-0.25, -0.2) is 8.78 Å². The van der Waals surface area contributed by atoms with Crippen molar-refractivity contribution >= 4 is 11.9 Å². The second-order valence-electron chi connectivity index (χ2n) is 4.01. The molecule has 19 heavy (non-hydrogen) atoms. The first-order valence-corrected chi connectivity index (χ1v) is 5.93. The fourth-order valence-electron chi connectivity index (χ4n) is 1.81. The van der Waals surface area contributed by atoms with E-state index in [-0.39, 0.29) is 11.3 Å². The highest BCUT2D eigenvalue weighted by Crippen LogP contribution is 2.28. The first-order valence-electron chi connectivity index (χ1n) is 5.93. The molecule has 1 unspecified atom stereocenters. The van der Waals surface area contributed by atoms with Crippen molar-refractivity contribution < 1.29 is 18.3 Å². The maximum atomic E-state index is 14.2. The lowest BCUT2D eigenvalue weighted by Crippen LogP contribution is -2.34. The third-order valence-corrected chi connectivity index (χ3v) is 2.79. The first kappa shape index (κ1) is 15.3. The molecule has 0 fully saturated rings. The third kappa shape index (κ3) is 2.98. The van der Waals surface area contributed by atoms with Gasteiger partial charge >= 0.3 is 0 Å². The van der Waals surface area contributed by atoms with Crippen molar-refractivity contribution in [1.29, 1.82) is 0 Å². The van der Waals surface area contributed by atoms with Crippen molar-refractivity contribution in [3.05, 3.63) is 35.4 Å². The van der Waals surface area contributed by atoms with Crippen molar-refractivity contribution in [1.82, 2.24) is 5.32 Å². The van der Waals surface area contributed by atoms with Crippen LogP contribution in [-0.4, -0.2) is 25.5 Å². The van der Waals surface area contributed by atoms with Gasteiger partial charge < -0.3 is 10.1 Å². The van der Waals surface area contributed by atoms with Crippen LogP contribution >= 0.6 is 0 Å². The van der Waals surface area contributed by atoms with Crippen LogP contribution in [0.1, 0.15) is 29.8 Å². The molecule has 1 atom stereocenters. The summed E-state index contributed by atoms with van der Waals surface area (Å²) in [5.41, 5.74) is -0.583. The van der Waals surface area contributed by atoms with Crippen molar-refractivity contribution in [3.8, 4) is 5.75 Å². The van der Waals surface area contributed by atoms with Gasteiger partial charge in [0.2, 0.25) is 0 Å². The van der Waals surface area contributed by atoms with Crippen LogP contribution in [0.5, 0.6) is 5.75 Å².